The zero-order valence-corrected chi connectivity index (χ0v) is 16.1. The maximum Gasteiger partial charge on any atom is 0.419 e. The van der Waals surface area contributed by atoms with Crippen molar-refractivity contribution in [1.82, 2.24) is 0 Å². The molecule has 0 aliphatic carbocycles. The second kappa shape index (κ2) is 6.88. The van der Waals surface area contributed by atoms with Crippen LogP contribution in [0.15, 0.2) is 46.2 Å². The van der Waals surface area contributed by atoms with E-state index < -0.39 is 0 Å². The summed E-state index contributed by atoms with van der Waals surface area (Å²) in [5, 5.41) is 0. The number of hydrogen-bond acceptors (Lipinski definition) is 5. The molecule has 25 heavy (non-hydrogen) atoms. The summed E-state index contributed by atoms with van der Waals surface area (Å²) in [5.74, 6) is 0. The Labute approximate surface area is 153 Å². The number of ether oxygens (including phenoxy) is 1. The van der Waals surface area contributed by atoms with Crippen LogP contribution in [0.4, 0.5) is 27.5 Å². The molecule has 1 heterocycles. The van der Waals surface area contributed by atoms with Crippen LogP contribution in [-0.2, 0) is 4.74 Å². The lowest BCUT2D eigenvalue weighted by molar-refractivity contribution is 0.162. The van der Waals surface area contributed by atoms with E-state index in [0.717, 1.165) is 32.5 Å². The molecule has 5 nitrogen and oxygen atoms in total. The Balaban J connectivity index is 2.13. The predicted molar refractivity (Wildman–Crippen MR) is 105 cm³/mol. The van der Waals surface area contributed by atoms with Gasteiger partial charge in [-0.2, -0.15) is 0 Å². The van der Waals surface area contributed by atoms with E-state index >= 15 is 0 Å². The van der Waals surface area contributed by atoms with Crippen molar-refractivity contribution in [3.8, 4) is 0 Å². The van der Waals surface area contributed by atoms with Gasteiger partial charge in [0.1, 0.15) is 0 Å². The van der Waals surface area contributed by atoms with Gasteiger partial charge in [0.05, 0.1) is 18.0 Å². The molecule has 1 aliphatic heterocycles. The fraction of sp³-hybridized carbons (Fsp3) is 0.316. The van der Waals surface area contributed by atoms with E-state index in [4.69, 9.17) is 4.74 Å². The Morgan fingerprint density at radius 3 is 1.84 bits per heavy atom. The van der Waals surface area contributed by atoms with Crippen LogP contribution in [-0.4, -0.2) is 40.9 Å². The topological polar surface area (TPSA) is 36.0 Å². The summed E-state index contributed by atoms with van der Waals surface area (Å²) in [6.45, 7) is 2.17. The molecular formula is C19H23N3O2S. The Bertz CT molecular complexity index is 748. The van der Waals surface area contributed by atoms with Crippen LogP contribution in [0, 0.1) is 0 Å². The van der Waals surface area contributed by atoms with Gasteiger partial charge in [0.15, 0.2) is 0 Å². The van der Waals surface area contributed by atoms with E-state index in [-0.39, 0.29) is 6.09 Å². The average molecular weight is 357 g/mol. The third-order valence-electron chi connectivity index (χ3n) is 4.07. The summed E-state index contributed by atoms with van der Waals surface area (Å²) in [5.41, 5.74) is 3.92. The minimum absolute atomic E-state index is 0.346. The van der Waals surface area contributed by atoms with Crippen LogP contribution < -0.4 is 14.7 Å². The van der Waals surface area contributed by atoms with Crippen molar-refractivity contribution in [2.75, 3.05) is 49.5 Å². The fourth-order valence-electron chi connectivity index (χ4n) is 2.73. The predicted octanol–water partition coefficient (Wildman–Crippen LogP) is 4.58. The highest BCUT2D eigenvalue weighted by Gasteiger charge is 2.30. The summed E-state index contributed by atoms with van der Waals surface area (Å²) >= 11 is 1.68. The Morgan fingerprint density at radius 2 is 1.44 bits per heavy atom. The van der Waals surface area contributed by atoms with Gasteiger partial charge in [-0.05, 0) is 43.3 Å². The van der Waals surface area contributed by atoms with E-state index in [2.05, 4.69) is 21.9 Å². The van der Waals surface area contributed by atoms with Crippen LogP contribution in [0.5, 0.6) is 0 Å². The molecule has 0 aromatic heterocycles. The van der Waals surface area contributed by atoms with E-state index in [1.54, 1.807) is 16.7 Å². The Morgan fingerprint density at radius 1 is 0.960 bits per heavy atom. The number of carbonyl (C=O) groups excluding carboxylic acids is 1. The molecule has 2 aromatic rings. The van der Waals surface area contributed by atoms with Crippen molar-refractivity contribution in [3.05, 3.63) is 36.4 Å². The Hall–Kier alpha value is -2.34. The second-order valence-corrected chi connectivity index (χ2v) is 7.31. The van der Waals surface area contributed by atoms with Gasteiger partial charge in [-0.25, -0.2) is 9.69 Å². The molecule has 0 unspecified atom stereocenters. The standard InChI is InChI=1S/C19H23N3O2S/c1-6-24-19(23)22-15-9-7-13(20(2)3)11-17(15)25-18-12-14(21(4)5)8-10-16(18)22/h7-12H,6H2,1-5H3. The molecule has 6 heteroatoms. The van der Waals surface area contributed by atoms with E-state index in [1.165, 1.54) is 0 Å². The highest BCUT2D eigenvalue weighted by Crippen LogP contribution is 2.50. The van der Waals surface area contributed by atoms with Gasteiger partial charge in [0.25, 0.3) is 0 Å². The van der Waals surface area contributed by atoms with Gasteiger partial charge in [-0.1, -0.05) is 11.8 Å². The first-order chi connectivity index (χ1) is 11.9. The number of benzene rings is 2. The summed E-state index contributed by atoms with van der Waals surface area (Å²) in [6, 6.07) is 12.2. The number of amides is 1. The maximum atomic E-state index is 12.6. The van der Waals surface area contributed by atoms with Crippen molar-refractivity contribution in [3.63, 3.8) is 0 Å². The number of carbonyl (C=O) groups is 1. The molecule has 1 amide bonds. The monoisotopic (exact) mass is 357 g/mol. The van der Waals surface area contributed by atoms with Gasteiger partial charge >= 0.3 is 6.09 Å². The summed E-state index contributed by atoms with van der Waals surface area (Å²) in [7, 11) is 8.04. The molecule has 132 valence electrons. The van der Waals surface area contributed by atoms with Crippen molar-refractivity contribution >= 4 is 40.6 Å². The molecule has 0 fully saturated rings. The van der Waals surface area contributed by atoms with Crippen LogP contribution in [0.1, 0.15) is 6.92 Å². The normalized spacial score (nSPS) is 12.3. The lowest BCUT2D eigenvalue weighted by Crippen LogP contribution is -2.29. The molecule has 0 spiro atoms. The van der Waals surface area contributed by atoms with Crippen molar-refractivity contribution in [1.29, 1.82) is 0 Å². The highest BCUT2D eigenvalue weighted by molar-refractivity contribution is 7.99. The van der Waals surface area contributed by atoms with Gasteiger partial charge in [0, 0.05) is 49.4 Å². The summed E-state index contributed by atoms with van der Waals surface area (Å²) in [4.78, 5) is 20.5. The zero-order chi connectivity index (χ0) is 18.1. The van der Waals surface area contributed by atoms with Crippen LogP contribution in [0.2, 0.25) is 0 Å². The molecule has 0 atom stereocenters. The average Bonchev–Trinajstić information content (AvgIpc) is 2.58. The first-order valence-corrected chi connectivity index (χ1v) is 9.01. The number of fused-ring (bicyclic) bond motifs is 2. The van der Waals surface area contributed by atoms with Crippen LogP contribution in [0.3, 0.4) is 0 Å². The second-order valence-electron chi connectivity index (χ2n) is 6.23. The largest absolute Gasteiger partial charge is 0.449 e. The molecule has 0 saturated heterocycles. The number of nitrogens with zero attached hydrogens (tertiary/aromatic N) is 3. The van der Waals surface area contributed by atoms with Crippen molar-refractivity contribution in [2.45, 2.75) is 16.7 Å². The first kappa shape index (κ1) is 17.5. The lowest BCUT2D eigenvalue weighted by Gasteiger charge is -2.31. The van der Waals surface area contributed by atoms with Crippen molar-refractivity contribution < 1.29 is 9.53 Å². The lowest BCUT2D eigenvalue weighted by atomic mass is 10.2. The quantitative estimate of drug-likeness (QED) is 0.804. The molecule has 0 saturated carbocycles. The molecular weight excluding hydrogens is 334 g/mol. The Kier molecular flexibility index (Phi) is 4.81. The van der Waals surface area contributed by atoms with E-state index in [9.17, 15) is 4.79 Å². The smallest absolute Gasteiger partial charge is 0.419 e. The third-order valence-corrected chi connectivity index (χ3v) is 5.17. The SMILES string of the molecule is CCOC(=O)N1c2ccc(N(C)C)cc2Sc2cc(N(C)C)ccc21. The zero-order valence-electron chi connectivity index (χ0n) is 15.2. The minimum Gasteiger partial charge on any atom is -0.449 e. The molecule has 3 rings (SSSR count). The number of hydrogen-bond donors (Lipinski definition) is 0. The molecule has 0 radical (unpaired) electrons. The fourth-order valence-corrected chi connectivity index (χ4v) is 3.85. The summed E-state index contributed by atoms with van der Waals surface area (Å²) in [6.07, 6.45) is -0.347. The third kappa shape index (κ3) is 3.26. The van der Waals surface area contributed by atoms with E-state index in [1.807, 2.05) is 59.4 Å². The van der Waals surface area contributed by atoms with Gasteiger partial charge in [-0.3, -0.25) is 0 Å². The maximum absolute atomic E-state index is 12.6. The van der Waals surface area contributed by atoms with Crippen LogP contribution in [0.25, 0.3) is 0 Å². The first-order valence-electron chi connectivity index (χ1n) is 8.20. The number of anilines is 4. The number of rotatable bonds is 3. The molecule has 0 bridgehead atoms. The molecule has 1 aliphatic rings. The van der Waals surface area contributed by atoms with Crippen LogP contribution >= 0.6 is 11.8 Å². The minimum atomic E-state index is -0.347. The summed E-state index contributed by atoms with van der Waals surface area (Å²) < 4.78 is 5.31. The highest BCUT2D eigenvalue weighted by atomic mass is 32.2. The molecule has 0 N–H and O–H groups in total. The van der Waals surface area contributed by atoms with E-state index in [0.29, 0.717) is 6.61 Å². The van der Waals surface area contributed by atoms with Gasteiger partial charge in [0.2, 0.25) is 0 Å². The van der Waals surface area contributed by atoms with Gasteiger partial charge < -0.3 is 14.5 Å². The van der Waals surface area contributed by atoms with Crippen molar-refractivity contribution in [2.24, 2.45) is 0 Å². The molecule has 2 aromatic carbocycles. The van der Waals surface area contributed by atoms with Gasteiger partial charge in [-0.15, -0.1) is 0 Å².